The van der Waals surface area contributed by atoms with Gasteiger partial charge in [-0.25, -0.2) is 0 Å². The summed E-state index contributed by atoms with van der Waals surface area (Å²) < 4.78 is 5.84. The molecule has 2 aromatic rings. The maximum Gasteiger partial charge on any atom is 0.145 e. The summed E-state index contributed by atoms with van der Waals surface area (Å²) in [6, 6.07) is 9.83. The second-order valence-electron chi connectivity index (χ2n) is 6.73. The number of aryl methyl sites for hydroxylation is 1. The van der Waals surface area contributed by atoms with Gasteiger partial charge in [0, 0.05) is 25.8 Å². The number of nitrogens with zero attached hydrogens (tertiary/aromatic N) is 2. The van der Waals surface area contributed by atoms with E-state index < -0.39 is 5.60 Å². The topological polar surface area (TPSA) is 57.6 Å². The number of hydrogen-bond donors (Lipinski definition) is 2. The van der Waals surface area contributed by atoms with Crippen molar-refractivity contribution >= 4 is 0 Å². The highest BCUT2D eigenvalue weighted by Gasteiger charge is 2.20. The molecule has 0 saturated carbocycles. The first-order valence-electron chi connectivity index (χ1n) is 8.11. The quantitative estimate of drug-likeness (QED) is 0.779. The van der Waals surface area contributed by atoms with Gasteiger partial charge in [0.25, 0.3) is 0 Å². The van der Waals surface area contributed by atoms with Crippen LogP contribution in [0.25, 0.3) is 0 Å². The van der Waals surface area contributed by atoms with Gasteiger partial charge in [-0.2, -0.15) is 0 Å². The Morgan fingerprint density at radius 3 is 2.71 bits per heavy atom. The summed E-state index contributed by atoms with van der Waals surface area (Å²) in [5.41, 5.74) is 1.48. The van der Waals surface area contributed by atoms with E-state index in [0.29, 0.717) is 19.6 Å². The van der Waals surface area contributed by atoms with E-state index in [1.54, 1.807) is 12.4 Å². The Hall–Kier alpha value is -1.95. The lowest BCUT2D eigenvalue weighted by Crippen LogP contribution is -2.45. The number of nitrogens with one attached hydrogen (secondary N) is 1. The number of hydrogen-bond acceptors (Lipinski definition) is 5. The highest BCUT2D eigenvalue weighted by atomic mass is 16.5. The average Bonchev–Trinajstić information content (AvgIpc) is 2.49. The van der Waals surface area contributed by atoms with Gasteiger partial charge in [-0.3, -0.25) is 4.98 Å². The molecule has 5 heteroatoms. The fraction of sp³-hybridized carbons (Fsp3) is 0.421. The van der Waals surface area contributed by atoms with Gasteiger partial charge in [-0.15, -0.1) is 0 Å². The Morgan fingerprint density at radius 1 is 1.29 bits per heavy atom. The predicted octanol–water partition coefficient (Wildman–Crippen LogP) is 2.58. The van der Waals surface area contributed by atoms with Crippen molar-refractivity contribution in [3.8, 4) is 11.5 Å². The molecule has 2 N–H and O–H groups in total. The molecular weight excluding hydrogens is 302 g/mol. The molecule has 5 nitrogen and oxygen atoms in total. The van der Waals surface area contributed by atoms with Gasteiger partial charge in [-0.1, -0.05) is 12.1 Å². The number of pyridine rings is 1. The van der Waals surface area contributed by atoms with Crippen molar-refractivity contribution in [1.29, 1.82) is 0 Å². The molecule has 2 rings (SSSR count). The third-order valence-corrected chi connectivity index (χ3v) is 3.59. The van der Waals surface area contributed by atoms with E-state index in [1.165, 1.54) is 0 Å². The lowest BCUT2D eigenvalue weighted by molar-refractivity contribution is 0.0336. The lowest BCUT2D eigenvalue weighted by atomic mass is 10.1. The van der Waals surface area contributed by atoms with Crippen LogP contribution in [0.4, 0.5) is 0 Å². The Morgan fingerprint density at radius 2 is 2.08 bits per heavy atom. The van der Waals surface area contributed by atoms with Crippen molar-refractivity contribution in [1.82, 2.24) is 15.2 Å². The summed E-state index contributed by atoms with van der Waals surface area (Å²) in [4.78, 5) is 6.03. The summed E-state index contributed by atoms with van der Waals surface area (Å²) in [6.07, 6.45) is 3.42. The number of benzene rings is 1. The van der Waals surface area contributed by atoms with E-state index in [4.69, 9.17) is 4.74 Å². The van der Waals surface area contributed by atoms with E-state index in [-0.39, 0.29) is 0 Å². The van der Waals surface area contributed by atoms with E-state index in [0.717, 1.165) is 22.6 Å². The minimum absolute atomic E-state index is 0.540. The summed E-state index contributed by atoms with van der Waals surface area (Å²) in [6.45, 7) is 5.74. The Kier molecular flexibility index (Phi) is 6.31. The first-order valence-corrected chi connectivity index (χ1v) is 8.11. The molecule has 1 aromatic carbocycles. The van der Waals surface area contributed by atoms with Crippen LogP contribution in [-0.4, -0.2) is 47.8 Å². The molecule has 0 aliphatic rings. The van der Waals surface area contributed by atoms with Gasteiger partial charge in [-0.05, 0) is 57.3 Å². The summed E-state index contributed by atoms with van der Waals surface area (Å²) in [5.74, 6) is 1.55. The smallest absolute Gasteiger partial charge is 0.145 e. The van der Waals surface area contributed by atoms with Crippen LogP contribution in [-0.2, 0) is 6.54 Å². The molecule has 0 fully saturated rings. The monoisotopic (exact) mass is 329 g/mol. The van der Waals surface area contributed by atoms with Gasteiger partial charge in [0.2, 0.25) is 0 Å². The van der Waals surface area contributed by atoms with Gasteiger partial charge >= 0.3 is 0 Å². The van der Waals surface area contributed by atoms with Crippen LogP contribution < -0.4 is 10.1 Å². The molecule has 1 atom stereocenters. The first-order chi connectivity index (χ1) is 11.4. The molecule has 24 heavy (non-hydrogen) atoms. The first kappa shape index (κ1) is 18.4. The van der Waals surface area contributed by atoms with Crippen LogP contribution >= 0.6 is 0 Å². The fourth-order valence-electron chi connectivity index (χ4n) is 2.68. The molecular formula is C19H27N3O2. The second kappa shape index (κ2) is 8.24. The number of ether oxygens (including phenoxy) is 1. The third kappa shape index (κ3) is 5.92. The molecule has 0 aliphatic heterocycles. The molecule has 0 bridgehead atoms. The molecule has 0 saturated heterocycles. The lowest BCUT2D eigenvalue weighted by Gasteiger charge is -2.27. The summed E-state index contributed by atoms with van der Waals surface area (Å²) in [7, 11) is 3.91. The zero-order valence-electron chi connectivity index (χ0n) is 14.9. The van der Waals surface area contributed by atoms with Crippen LogP contribution in [0.5, 0.6) is 11.5 Å². The van der Waals surface area contributed by atoms with Gasteiger partial charge in [0.05, 0.1) is 11.8 Å². The van der Waals surface area contributed by atoms with Crippen molar-refractivity contribution in [3.63, 3.8) is 0 Å². The minimum atomic E-state index is -0.748. The van der Waals surface area contributed by atoms with Gasteiger partial charge in [0.1, 0.15) is 11.5 Å². The average molecular weight is 329 g/mol. The molecule has 0 spiro atoms. The largest absolute Gasteiger partial charge is 0.455 e. The number of aromatic nitrogens is 1. The van der Waals surface area contributed by atoms with E-state index in [1.807, 2.05) is 57.1 Å². The Balaban J connectivity index is 1.90. The van der Waals surface area contributed by atoms with E-state index in [9.17, 15) is 5.11 Å². The van der Waals surface area contributed by atoms with Crippen molar-refractivity contribution in [2.24, 2.45) is 0 Å². The fourth-order valence-corrected chi connectivity index (χ4v) is 2.68. The summed E-state index contributed by atoms with van der Waals surface area (Å²) in [5, 5.41) is 13.6. The molecule has 0 amide bonds. The molecule has 1 unspecified atom stereocenters. The van der Waals surface area contributed by atoms with Crippen LogP contribution in [0.1, 0.15) is 18.1 Å². The predicted molar refractivity (Wildman–Crippen MR) is 96.4 cm³/mol. The standard InChI is InChI=1S/C19H27N3O2/c1-15-10-16(11-21-13-19(2,23)14-22(3)4)7-8-18(15)24-17-6-5-9-20-12-17/h5-10,12,21,23H,11,13-14H2,1-4H3. The van der Waals surface area contributed by atoms with Crippen LogP contribution in [0.15, 0.2) is 42.7 Å². The van der Waals surface area contributed by atoms with Crippen molar-refractivity contribution < 1.29 is 9.84 Å². The number of rotatable bonds is 8. The molecule has 1 aromatic heterocycles. The Bertz CT molecular complexity index is 642. The van der Waals surface area contributed by atoms with Crippen molar-refractivity contribution in [3.05, 3.63) is 53.9 Å². The summed E-state index contributed by atoms with van der Waals surface area (Å²) >= 11 is 0. The maximum absolute atomic E-state index is 10.3. The minimum Gasteiger partial charge on any atom is -0.455 e. The van der Waals surface area contributed by atoms with Crippen LogP contribution in [0.2, 0.25) is 0 Å². The molecule has 1 heterocycles. The molecule has 0 radical (unpaired) electrons. The van der Waals surface area contributed by atoms with Crippen LogP contribution in [0.3, 0.4) is 0 Å². The SMILES string of the molecule is Cc1cc(CNCC(C)(O)CN(C)C)ccc1Oc1cccnc1. The molecule has 130 valence electrons. The van der Waals surface area contributed by atoms with Crippen molar-refractivity contribution in [2.45, 2.75) is 26.0 Å². The normalized spacial score (nSPS) is 13.8. The number of aliphatic hydroxyl groups is 1. The Labute approximate surface area is 144 Å². The zero-order chi connectivity index (χ0) is 17.6. The zero-order valence-corrected chi connectivity index (χ0v) is 14.9. The third-order valence-electron chi connectivity index (χ3n) is 3.59. The number of likely N-dealkylation sites (N-methyl/N-ethyl adjacent to an activating group) is 1. The second-order valence-corrected chi connectivity index (χ2v) is 6.73. The van der Waals surface area contributed by atoms with Gasteiger partial charge < -0.3 is 20.1 Å². The van der Waals surface area contributed by atoms with Crippen molar-refractivity contribution in [2.75, 3.05) is 27.2 Å². The van der Waals surface area contributed by atoms with E-state index >= 15 is 0 Å². The van der Waals surface area contributed by atoms with Crippen LogP contribution in [0, 0.1) is 6.92 Å². The molecule has 0 aliphatic carbocycles. The van der Waals surface area contributed by atoms with Gasteiger partial charge in [0.15, 0.2) is 0 Å². The highest BCUT2D eigenvalue weighted by Crippen LogP contribution is 2.25. The maximum atomic E-state index is 10.3. The van der Waals surface area contributed by atoms with E-state index in [2.05, 4.69) is 16.4 Å². The highest BCUT2D eigenvalue weighted by molar-refractivity contribution is 5.39.